The summed E-state index contributed by atoms with van der Waals surface area (Å²) in [6.45, 7) is 7.00. The second-order valence-electron chi connectivity index (χ2n) is 6.52. The first kappa shape index (κ1) is 18.3. The molecule has 0 fully saturated rings. The van der Waals surface area contributed by atoms with Gasteiger partial charge in [-0.25, -0.2) is 0 Å². The molecule has 0 saturated carbocycles. The van der Waals surface area contributed by atoms with Gasteiger partial charge in [-0.2, -0.15) is 0 Å². The van der Waals surface area contributed by atoms with Crippen LogP contribution in [0.4, 0.5) is 0 Å². The fourth-order valence-electron chi connectivity index (χ4n) is 3.06. The first-order valence-electron chi connectivity index (χ1n) is 9.08. The first-order chi connectivity index (χ1) is 12.7. The Morgan fingerprint density at radius 1 is 1.15 bits per heavy atom. The molecule has 3 rings (SSSR count). The molecule has 26 heavy (non-hydrogen) atoms. The average Bonchev–Trinajstić information content (AvgIpc) is 3.10. The van der Waals surface area contributed by atoms with Crippen molar-refractivity contribution in [3.8, 4) is 11.5 Å². The number of hydrogen-bond acceptors (Lipinski definition) is 4. The van der Waals surface area contributed by atoms with Gasteiger partial charge in [-0.1, -0.05) is 37.3 Å². The summed E-state index contributed by atoms with van der Waals surface area (Å²) >= 11 is 0. The predicted molar refractivity (Wildman–Crippen MR) is 101 cm³/mol. The van der Waals surface area contributed by atoms with E-state index in [4.69, 9.17) is 9.47 Å². The molecule has 1 amide bonds. The van der Waals surface area contributed by atoms with Crippen LogP contribution in [0.5, 0.6) is 11.5 Å². The second-order valence-corrected chi connectivity index (χ2v) is 6.52. The van der Waals surface area contributed by atoms with Gasteiger partial charge in [0.25, 0.3) is 0 Å². The minimum atomic E-state index is 0.0566. The lowest BCUT2D eigenvalue weighted by Gasteiger charge is -2.20. The van der Waals surface area contributed by atoms with E-state index >= 15 is 0 Å². The summed E-state index contributed by atoms with van der Waals surface area (Å²) in [4.78, 5) is 14.4. The summed E-state index contributed by atoms with van der Waals surface area (Å²) < 4.78 is 10.8. The Balaban J connectivity index is 1.46. The van der Waals surface area contributed by atoms with Crippen LogP contribution in [0, 0.1) is 6.92 Å². The topological polar surface area (TPSA) is 50.8 Å². The highest BCUT2D eigenvalue weighted by atomic mass is 16.7. The molecule has 2 aromatic carbocycles. The van der Waals surface area contributed by atoms with Gasteiger partial charge in [-0.05, 0) is 48.7 Å². The first-order valence-corrected chi connectivity index (χ1v) is 9.08. The molecule has 0 unspecified atom stereocenters. The van der Waals surface area contributed by atoms with Crippen LogP contribution in [0.25, 0.3) is 0 Å². The van der Waals surface area contributed by atoms with Crippen molar-refractivity contribution in [1.29, 1.82) is 0 Å². The van der Waals surface area contributed by atoms with Crippen LogP contribution in [-0.2, 0) is 17.8 Å². The fraction of sp³-hybridized carbons (Fsp3) is 0.381. The number of hydrogen-bond donors (Lipinski definition) is 1. The third kappa shape index (κ3) is 4.76. The maximum atomic E-state index is 12.3. The summed E-state index contributed by atoms with van der Waals surface area (Å²) in [6, 6.07) is 14.2. The molecule has 5 heteroatoms. The number of aryl methyl sites for hydroxylation is 1. The quantitative estimate of drug-likeness (QED) is 0.792. The molecule has 0 radical (unpaired) electrons. The highest BCUT2D eigenvalue weighted by Gasteiger charge is 2.15. The Morgan fingerprint density at radius 3 is 2.77 bits per heavy atom. The molecule has 0 saturated heterocycles. The van der Waals surface area contributed by atoms with Gasteiger partial charge in [0.1, 0.15) is 0 Å². The molecule has 0 aromatic heterocycles. The number of amides is 1. The van der Waals surface area contributed by atoms with Crippen LogP contribution in [0.15, 0.2) is 42.5 Å². The zero-order valence-electron chi connectivity index (χ0n) is 15.5. The van der Waals surface area contributed by atoms with Crippen molar-refractivity contribution in [1.82, 2.24) is 10.2 Å². The fourth-order valence-corrected chi connectivity index (χ4v) is 3.06. The number of fused-ring (bicyclic) bond motifs is 1. The van der Waals surface area contributed by atoms with Crippen LogP contribution in [0.1, 0.15) is 23.6 Å². The van der Waals surface area contributed by atoms with Gasteiger partial charge in [-0.15, -0.1) is 0 Å². The number of carbonyl (C=O) groups is 1. The van der Waals surface area contributed by atoms with E-state index in [1.165, 1.54) is 11.1 Å². The van der Waals surface area contributed by atoms with Crippen molar-refractivity contribution in [3.05, 3.63) is 59.2 Å². The molecule has 2 aromatic rings. The largest absolute Gasteiger partial charge is 0.454 e. The van der Waals surface area contributed by atoms with Gasteiger partial charge in [0.2, 0.25) is 12.7 Å². The average molecular weight is 354 g/mol. The van der Waals surface area contributed by atoms with Crippen LogP contribution in [0.3, 0.4) is 0 Å². The molecule has 5 nitrogen and oxygen atoms in total. The summed E-state index contributed by atoms with van der Waals surface area (Å²) in [5.41, 5.74) is 3.66. The molecule has 1 heterocycles. The van der Waals surface area contributed by atoms with E-state index < -0.39 is 0 Å². The number of nitrogens with one attached hydrogen (secondary N) is 1. The third-order valence-corrected chi connectivity index (χ3v) is 4.64. The Bertz CT molecular complexity index is 761. The molecule has 138 valence electrons. The van der Waals surface area contributed by atoms with Crippen molar-refractivity contribution < 1.29 is 14.3 Å². The number of carbonyl (C=O) groups excluding carboxylic acids is 1. The Kier molecular flexibility index (Phi) is 6.12. The van der Waals surface area contributed by atoms with E-state index in [0.29, 0.717) is 19.6 Å². The lowest BCUT2D eigenvalue weighted by molar-refractivity contribution is -0.122. The maximum Gasteiger partial charge on any atom is 0.234 e. The van der Waals surface area contributed by atoms with Gasteiger partial charge in [-0.3, -0.25) is 9.69 Å². The van der Waals surface area contributed by atoms with Crippen LogP contribution in [0.2, 0.25) is 0 Å². The van der Waals surface area contributed by atoms with E-state index in [9.17, 15) is 4.79 Å². The van der Waals surface area contributed by atoms with Gasteiger partial charge in [0, 0.05) is 13.1 Å². The predicted octanol–water partition coefficient (Wildman–Crippen LogP) is 2.90. The van der Waals surface area contributed by atoms with Gasteiger partial charge < -0.3 is 14.8 Å². The highest BCUT2D eigenvalue weighted by molar-refractivity contribution is 5.78. The third-order valence-electron chi connectivity index (χ3n) is 4.64. The molecular formula is C21H26N2O3. The molecule has 1 aliphatic heterocycles. The van der Waals surface area contributed by atoms with Crippen LogP contribution < -0.4 is 14.8 Å². The molecule has 0 spiro atoms. The van der Waals surface area contributed by atoms with Crippen molar-refractivity contribution in [2.75, 3.05) is 26.4 Å². The molecule has 1 N–H and O–H groups in total. The monoisotopic (exact) mass is 354 g/mol. The molecule has 0 aliphatic carbocycles. The van der Waals surface area contributed by atoms with Gasteiger partial charge >= 0.3 is 0 Å². The normalized spacial score (nSPS) is 12.4. The van der Waals surface area contributed by atoms with Crippen LogP contribution >= 0.6 is 0 Å². The van der Waals surface area contributed by atoms with E-state index in [2.05, 4.69) is 36.2 Å². The van der Waals surface area contributed by atoms with E-state index in [1.807, 2.05) is 30.3 Å². The van der Waals surface area contributed by atoms with Gasteiger partial charge in [0.15, 0.2) is 11.5 Å². The van der Waals surface area contributed by atoms with Crippen molar-refractivity contribution in [2.45, 2.75) is 26.8 Å². The number of ether oxygens (including phenoxy) is 2. The number of likely N-dealkylation sites (N-methyl/N-ethyl adjacent to an activating group) is 1. The molecule has 0 atom stereocenters. The zero-order valence-corrected chi connectivity index (χ0v) is 15.5. The summed E-state index contributed by atoms with van der Waals surface area (Å²) in [5.74, 6) is 1.62. The Labute approximate surface area is 154 Å². The highest BCUT2D eigenvalue weighted by Crippen LogP contribution is 2.32. The maximum absolute atomic E-state index is 12.3. The van der Waals surface area contributed by atoms with Gasteiger partial charge in [0.05, 0.1) is 6.54 Å². The molecular weight excluding hydrogens is 328 g/mol. The van der Waals surface area contributed by atoms with E-state index in [-0.39, 0.29) is 12.7 Å². The Hall–Kier alpha value is -2.53. The summed E-state index contributed by atoms with van der Waals surface area (Å²) in [5, 5.41) is 3.03. The summed E-state index contributed by atoms with van der Waals surface area (Å²) in [6.07, 6.45) is 0.854. The number of benzene rings is 2. The minimum Gasteiger partial charge on any atom is -0.454 e. The number of rotatable bonds is 8. The van der Waals surface area contributed by atoms with Crippen molar-refractivity contribution in [2.24, 2.45) is 0 Å². The number of nitrogens with zero attached hydrogens (tertiary/aromatic N) is 1. The second kappa shape index (κ2) is 8.72. The zero-order chi connectivity index (χ0) is 18.4. The Morgan fingerprint density at radius 2 is 1.96 bits per heavy atom. The molecule has 0 bridgehead atoms. The smallest absolute Gasteiger partial charge is 0.234 e. The standard InChI is InChI=1S/C21H26N2O3/c1-3-23(13-17-8-9-19-20(12-17)26-15-25-19)14-21(24)22-11-10-18-7-5-4-6-16(18)2/h4-9,12H,3,10-11,13-15H2,1-2H3,(H,22,24). The van der Waals surface area contributed by atoms with E-state index in [0.717, 1.165) is 30.0 Å². The van der Waals surface area contributed by atoms with Crippen molar-refractivity contribution in [3.63, 3.8) is 0 Å². The minimum absolute atomic E-state index is 0.0566. The van der Waals surface area contributed by atoms with Crippen LogP contribution in [-0.4, -0.2) is 37.2 Å². The van der Waals surface area contributed by atoms with E-state index in [1.54, 1.807) is 0 Å². The lowest BCUT2D eigenvalue weighted by atomic mass is 10.1. The molecule has 1 aliphatic rings. The SMILES string of the molecule is CCN(CC(=O)NCCc1ccccc1C)Cc1ccc2c(c1)OCO2. The van der Waals surface area contributed by atoms with Crippen molar-refractivity contribution >= 4 is 5.91 Å². The summed E-state index contributed by atoms with van der Waals surface area (Å²) in [7, 11) is 0. The lowest BCUT2D eigenvalue weighted by Crippen LogP contribution is -2.37.